The van der Waals surface area contributed by atoms with Gasteiger partial charge in [0.1, 0.15) is 6.73 Å². The van der Waals surface area contributed by atoms with Crippen LogP contribution in [0.2, 0.25) is 0 Å². The molecular weight excluding hydrogens is 152 g/mol. The molecule has 0 aromatic carbocycles. The van der Waals surface area contributed by atoms with Crippen LogP contribution in [-0.2, 0) is 4.29 Å². The minimum absolute atomic E-state index is 0.551. The van der Waals surface area contributed by atoms with Gasteiger partial charge in [-0.05, 0) is 7.05 Å². The van der Waals surface area contributed by atoms with Gasteiger partial charge in [0.05, 0.1) is 11.9 Å². The van der Waals surface area contributed by atoms with Gasteiger partial charge in [-0.2, -0.15) is 0 Å². The van der Waals surface area contributed by atoms with Crippen molar-refractivity contribution in [2.24, 2.45) is 0 Å². The second-order valence-electron chi connectivity index (χ2n) is 2.66. The number of hydrogen-bond acceptors (Lipinski definition) is 3. The average molecular weight is 165 g/mol. The third kappa shape index (κ3) is 2.42. The standard InChI is InChI=1S/C6H13ClN2O/c1-8-2-4-9(5-3-8)6-10-7/h2-6H2,1H3. The highest BCUT2D eigenvalue weighted by Gasteiger charge is 2.12. The number of halogens is 1. The van der Waals surface area contributed by atoms with E-state index < -0.39 is 0 Å². The fourth-order valence-corrected chi connectivity index (χ4v) is 1.18. The number of rotatable bonds is 2. The highest BCUT2D eigenvalue weighted by atomic mass is 35.5. The largest absolute Gasteiger partial charge is 0.304 e. The molecule has 0 spiro atoms. The van der Waals surface area contributed by atoms with Gasteiger partial charge in [-0.3, -0.25) is 9.19 Å². The molecule has 0 aliphatic carbocycles. The summed E-state index contributed by atoms with van der Waals surface area (Å²) in [5.74, 6) is 0. The Balaban J connectivity index is 2.13. The highest BCUT2D eigenvalue weighted by Crippen LogP contribution is 1.98. The maximum Gasteiger partial charge on any atom is 0.121 e. The number of hydrogen-bond donors (Lipinski definition) is 0. The quantitative estimate of drug-likeness (QED) is 0.587. The van der Waals surface area contributed by atoms with Crippen molar-refractivity contribution in [2.45, 2.75) is 0 Å². The summed E-state index contributed by atoms with van der Waals surface area (Å²) >= 11 is 5.12. The molecule has 1 saturated heterocycles. The predicted molar refractivity (Wildman–Crippen MR) is 40.9 cm³/mol. The third-order valence-electron chi connectivity index (χ3n) is 1.83. The van der Waals surface area contributed by atoms with E-state index in [2.05, 4.69) is 21.1 Å². The Kier molecular flexibility index (Phi) is 3.42. The summed E-state index contributed by atoms with van der Waals surface area (Å²) in [5.41, 5.74) is 0. The maximum atomic E-state index is 5.12. The SMILES string of the molecule is CN1CCN(COCl)CC1. The van der Waals surface area contributed by atoms with Gasteiger partial charge in [-0.1, -0.05) is 0 Å². The zero-order valence-corrected chi connectivity index (χ0v) is 6.97. The average Bonchev–Trinajstić information content (AvgIpc) is 1.95. The van der Waals surface area contributed by atoms with Crippen molar-refractivity contribution in [3.8, 4) is 0 Å². The number of likely N-dealkylation sites (N-methyl/N-ethyl adjacent to an activating group) is 1. The molecule has 0 aromatic heterocycles. The Morgan fingerprint density at radius 3 is 2.40 bits per heavy atom. The van der Waals surface area contributed by atoms with Gasteiger partial charge in [-0.15, -0.1) is 0 Å². The third-order valence-corrected chi connectivity index (χ3v) is 1.92. The van der Waals surface area contributed by atoms with E-state index >= 15 is 0 Å². The Hall–Kier alpha value is 0.170. The van der Waals surface area contributed by atoms with Crippen LogP contribution in [0.5, 0.6) is 0 Å². The van der Waals surface area contributed by atoms with Gasteiger partial charge in [0.15, 0.2) is 0 Å². The molecule has 4 heteroatoms. The van der Waals surface area contributed by atoms with Gasteiger partial charge in [-0.25, -0.2) is 0 Å². The molecule has 1 heterocycles. The molecule has 3 nitrogen and oxygen atoms in total. The number of piperazine rings is 1. The van der Waals surface area contributed by atoms with Crippen LogP contribution in [0.1, 0.15) is 0 Å². The molecule has 0 bridgehead atoms. The molecule has 0 unspecified atom stereocenters. The van der Waals surface area contributed by atoms with E-state index in [0.717, 1.165) is 26.2 Å². The van der Waals surface area contributed by atoms with Crippen molar-refractivity contribution in [3.63, 3.8) is 0 Å². The first-order valence-corrected chi connectivity index (χ1v) is 3.78. The fourth-order valence-electron chi connectivity index (χ4n) is 1.05. The smallest absolute Gasteiger partial charge is 0.121 e. The molecule has 10 heavy (non-hydrogen) atoms. The van der Waals surface area contributed by atoms with Crippen LogP contribution in [0.4, 0.5) is 0 Å². The van der Waals surface area contributed by atoms with Crippen LogP contribution in [0, 0.1) is 0 Å². The lowest BCUT2D eigenvalue weighted by Crippen LogP contribution is -2.44. The molecule has 1 rings (SSSR count). The second kappa shape index (κ2) is 4.13. The predicted octanol–water partition coefficient (Wildman–Crippen LogP) is 0.362. The van der Waals surface area contributed by atoms with Gasteiger partial charge in [0, 0.05) is 26.2 Å². The van der Waals surface area contributed by atoms with Gasteiger partial charge in [0.25, 0.3) is 0 Å². The minimum Gasteiger partial charge on any atom is -0.304 e. The molecule has 1 aliphatic rings. The molecule has 60 valence electrons. The normalized spacial score (nSPS) is 23.4. The van der Waals surface area contributed by atoms with Crippen molar-refractivity contribution in [3.05, 3.63) is 0 Å². The summed E-state index contributed by atoms with van der Waals surface area (Å²) in [6.45, 7) is 4.89. The molecule has 0 N–H and O–H groups in total. The van der Waals surface area contributed by atoms with Crippen LogP contribution in [0.3, 0.4) is 0 Å². The molecule has 0 atom stereocenters. The van der Waals surface area contributed by atoms with Crippen LogP contribution in [0.25, 0.3) is 0 Å². The van der Waals surface area contributed by atoms with Crippen LogP contribution >= 0.6 is 11.9 Å². The Labute approximate surface area is 66.7 Å². The zero-order chi connectivity index (χ0) is 7.40. The van der Waals surface area contributed by atoms with E-state index in [1.165, 1.54) is 0 Å². The molecule has 0 radical (unpaired) electrons. The lowest BCUT2D eigenvalue weighted by atomic mass is 10.3. The monoisotopic (exact) mass is 164 g/mol. The van der Waals surface area contributed by atoms with Crippen molar-refractivity contribution < 1.29 is 4.29 Å². The van der Waals surface area contributed by atoms with E-state index in [-0.39, 0.29) is 0 Å². The molecule has 1 aliphatic heterocycles. The van der Waals surface area contributed by atoms with Crippen molar-refractivity contribution >= 4 is 11.9 Å². The first kappa shape index (κ1) is 8.27. The van der Waals surface area contributed by atoms with Crippen molar-refractivity contribution in [2.75, 3.05) is 40.0 Å². The minimum atomic E-state index is 0.551. The van der Waals surface area contributed by atoms with E-state index in [9.17, 15) is 0 Å². The molecule has 0 saturated carbocycles. The lowest BCUT2D eigenvalue weighted by molar-refractivity contribution is 0.0820. The first-order valence-electron chi connectivity index (χ1n) is 3.47. The summed E-state index contributed by atoms with van der Waals surface area (Å²) in [6.07, 6.45) is 0. The molecular formula is C6H13ClN2O. The highest BCUT2D eigenvalue weighted by molar-refractivity contribution is 6.07. The van der Waals surface area contributed by atoms with Gasteiger partial charge in [0.2, 0.25) is 0 Å². The topological polar surface area (TPSA) is 15.7 Å². The molecule has 0 aromatic rings. The van der Waals surface area contributed by atoms with Crippen molar-refractivity contribution in [1.29, 1.82) is 0 Å². The van der Waals surface area contributed by atoms with Crippen LogP contribution in [0.15, 0.2) is 0 Å². The van der Waals surface area contributed by atoms with Crippen LogP contribution < -0.4 is 0 Å². The summed E-state index contributed by atoms with van der Waals surface area (Å²) in [6, 6.07) is 0. The Bertz CT molecular complexity index is 93.7. The Morgan fingerprint density at radius 1 is 1.30 bits per heavy atom. The first-order chi connectivity index (χ1) is 4.83. The summed E-state index contributed by atoms with van der Waals surface area (Å²) in [4.78, 5) is 4.48. The summed E-state index contributed by atoms with van der Waals surface area (Å²) in [7, 11) is 2.12. The van der Waals surface area contributed by atoms with E-state index in [1.807, 2.05) is 0 Å². The lowest BCUT2D eigenvalue weighted by Gasteiger charge is -2.30. The van der Waals surface area contributed by atoms with E-state index in [0.29, 0.717) is 6.73 Å². The Morgan fingerprint density at radius 2 is 1.90 bits per heavy atom. The second-order valence-corrected chi connectivity index (χ2v) is 2.88. The molecule has 1 fully saturated rings. The van der Waals surface area contributed by atoms with E-state index in [4.69, 9.17) is 11.9 Å². The van der Waals surface area contributed by atoms with Gasteiger partial charge >= 0.3 is 0 Å². The zero-order valence-electron chi connectivity index (χ0n) is 6.22. The van der Waals surface area contributed by atoms with E-state index in [1.54, 1.807) is 0 Å². The van der Waals surface area contributed by atoms with Crippen LogP contribution in [-0.4, -0.2) is 49.8 Å². The molecule has 0 amide bonds. The maximum absolute atomic E-state index is 5.12. The number of nitrogens with zero attached hydrogens (tertiary/aromatic N) is 2. The van der Waals surface area contributed by atoms with Gasteiger partial charge < -0.3 is 4.90 Å². The summed E-state index contributed by atoms with van der Waals surface area (Å²) < 4.78 is 4.50. The summed E-state index contributed by atoms with van der Waals surface area (Å²) in [5, 5.41) is 0. The fraction of sp³-hybridized carbons (Fsp3) is 1.00. The van der Waals surface area contributed by atoms with Crippen molar-refractivity contribution in [1.82, 2.24) is 9.80 Å².